The molecule has 0 unspecified atom stereocenters. The van der Waals surface area contributed by atoms with E-state index in [2.05, 4.69) is 15.9 Å². The quantitative estimate of drug-likeness (QED) is 0.681. The molecular formula is C10H10BrNO. The van der Waals surface area contributed by atoms with E-state index < -0.39 is 0 Å². The molecule has 1 aromatic rings. The highest BCUT2D eigenvalue weighted by atomic mass is 79.9. The summed E-state index contributed by atoms with van der Waals surface area (Å²) < 4.78 is 1.08. The zero-order chi connectivity index (χ0) is 9.59. The number of anilines is 1. The molecule has 68 valence electrons. The number of halogens is 1. The number of benzene rings is 1. The average molecular weight is 240 g/mol. The average Bonchev–Trinajstić information content (AvgIpc) is 2.38. The van der Waals surface area contributed by atoms with E-state index in [9.17, 15) is 4.79 Å². The van der Waals surface area contributed by atoms with Gasteiger partial charge in [-0.1, -0.05) is 15.9 Å². The lowest BCUT2D eigenvalue weighted by Crippen LogP contribution is -2.20. The molecule has 0 radical (unpaired) electrons. The lowest BCUT2D eigenvalue weighted by molar-refractivity contribution is -0.117. The van der Waals surface area contributed by atoms with Crippen molar-refractivity contribution in [1.82, 2.24) is 0 Å². The molecule has 1 amide bonds. The SMILES string of the molecule is Cc1c(Br)ccc2c1CC(=O)N2C. The van der Waals surface area contributed by atoms with E-state index in [-0.39, 0.29) is 5.91 Å². The van der Waals surface area contributed by atoms with Crippen molar-refractivity contribution in [3.05, 3.63) is 27.7 Å². The van der Waals surface area contributed by atoms with Crippen LogP contribution in [0.15, 0.2) is 16.6 Å². The molecular weight excluding hydrogens is 230 g/mol. The van der Waals surface area contributed by atoms with E-state index in [1.807, 2.05) is 26.1 Å². The van der Waals surface area contributed by atoms with Gasteiger partial charge in [0.1, 0.15) is 0 Å². The molecule has 2 nitrogen and oxygen atoms in total. The van der Waals surface area contributed by atoms with Crippen LogP contribution in [0.1, 0.15) is 11.1 Å². The van der Waals surface area contributed by atoms with Crippen LogP contribution < -0.4 is 4.90 Å². The highest BCUT2D eigenvalue weighted by molar-refractivity contribution is 9.10. The Hall–Kier alpha value is -0.830. The third kappa shape index (κ3) is 1.18. The van der Waals surface area contributed by atoms with Gasteiger partial charge in [-0.2, -0.15) is 0 Å². The van der Waals surface area contributed by atoms with Crippen LogP contribution in [0, 0.1) is 6.92 Å². The van der Waals surface area contributed by atoms with Gasteiger partial charge in [-0.05, 0) is 30.2 Å². The van der Waals surface area contributed by atoms with Crippen LogP contribution in [0.25, 0.3) is 0 Å². The Morgan fingerprint density at radius 1 is 1.46 bits per heavy atom. The molecule has 2 rings (SSSR count). The maximum Gasteiger partial charge on any atom is 0.231 e. The number of hydrogen-bond donors (Lipinski definition) is 0. The molecule has 1 aliphatic heterocycles. The van der Waals surface area contributed by atoms with Gasteiger partial charge in [-0.15, -0.1) is 0 Å². The Labute approximate surface area is 85.7 Å². The molecule has 1 aromatic carbocycles. The van der Waals surface area contributed by atoms with Crippen molar-refractivity contribution in [2.45, 2.75) is 13.3 Å². The van der Waals surface area contributed by atoms with Crippen LogP contribution in [0.2, 0.25) is 0 Å². The van der Waals surface area contributed by atoms with E-state index in [0.29, 0.717) is 6.42 Å². The maximum atomic E-state index is 11.4. The minimum Gasteiger partial charge on any atom is -0.315 e. The van der Waals surface area contributed by atoms with Crippen LogP contribution in [0.3, 0.4) is 0 Å². The molecule has 0 aliphatic carbocycles. The molecule has 3 heteroatoms. The molecule has 0 fully saturated rings. The Balaban J connectivity index is 2.64. The van der Waals surface area contributed by atoms with Gasteiger partial charge in [0.25, 0.3) is 0 Å². The van der Waals surface area contributed by atoms with Crippen LogP contribution in [-0.4, -0.2) is 13.0 Å². The second-order valence-electron chi connectivity index (χ2n) is 3.30. The fourth-order valence-electron chi connectivity index (χ4n) is 1.66. The maximum absolute atomic E-state index is 11.4. The number of carbonyl (C=O) groups is 1. The summed E-state index contributed by atoms with van der Waals surface area (Å²) in [6.45, 7) is 2.04. The lowest BCUT2D eigenvalue weighted by atomic mass is 10.1. The predicted molar refractivity (Wildman–Crippen MR) is 56.0 cm³/mol. The number of hydrogen-bond acceptors (Lipinski definition) is 1. The Morgan fingerprint density at radius 2 is 2.15 bits per heavy atom. The molecule has 0 saturated heterocycles. The van der Waals surface area contributed by atoms with Crippen LogP contribution in [-0.2, 0) is 11.2 Å². The van der Waals surface area contributed by atoms with Crippen molar-refractivity contribution >= 4 is 27.5 Å². The first-order valence-corrected chi connectivity index (χ1v) is 4.95. The van der Waals surface area contributed by atoms with Crippen LogP contribution in [0.5, 0.6) is 0 Å². The van der Waals surface area contributed by atoms with Gasteiger partial charge in [0.2, 0.25) is 5.91 Å². The second-order valence-corrected chi connectivity index (χ2v) is 4.15. The topological polar surface area (TPSA) is 20.3 Å². The molecule has 0 aromatic heterocycles. The molecule has 0 saturated carbocycles. The summed E-state index contributed by atoms with van der Waals surface area (Å²) in [7, 11) is 1.82. The van der Waals surface area contributed by atoms with E-state index >= 15 is 0 Å². The zero-order valence-electron chi connectivity index (χ0n) is 7.60. The Morgan fingerprint density at radius 3 is 2.85 bits per heavy atom. The highest BCUT2D eigenvalue weighted by Gasteiger charge is 2.25. The van der Waals surface area contributed by atoms with E-state index in [0.717, 1.165) is 15.7 Å². The Kier molecular flexibility index (Phi) is 1.91. The third-order valence-corrected chi connectivity index (χ3v) is 3.43. The normalized spacial score (nSPS) is 15.0. The molecule has 0 N–H and O–H groups in total. The van der Waals surface area contributed by atoms with Crippen molar-refractivity contribution < 1.29 is 4.79 Å². The largest absolute Gasteiger partial charge is 0.315 e. The number of nitrogens with zero attached hydrogens (tertiary/aromatic N) is 1. The summed E-state index contributed by atoms with van der Waals surface area (Å²) in [4.78, 5) is 13.1. The summed E-state index contributed by atoms with van der Waals surface area (Å²) in [6.07, 6.45) is 0.539. The number of carbonyl (C=O) groups excluding carboxylic acids is 1. The van der Waals surface area contributed by atoms with Gasteiger partial charge in [0.05, 0.1) is 6.42 Å². The minimum atomic E-state index is 0.177. The van der Waals surface area contributed by atoms with Gasteiger partial charge in [0, 0.05) is 17.2 Å². The first kappa shape index (κ1) is 8.75. The first-order chi connectivity index (χ1) is 6.11. The van der Waals surface area contributed by atoms with Crippen molar-refractivity contribution in [3.8, 4) is 0 Å². The van der Waals surface area contributed by atoms with Crippen molar-refractivity contribution in [2.75, 3.05) is 11.9 Å². The summed E-state index contributed by atoms with van der Waals surface area (Å²) in [5.74, 6) is 0.177. The zero-order valence-corrected chi connectivity index (χ0v) is 9.18. The number of rotatable bonds is 0. The second kappa shape index (κ2) is 2.84. The van der Waals surface area contributed by atoms with Gasteiger partial charge in [-0.25, -0.2) is 0 Å². The number of fused-ring (bicyclic) bond motifs is 1. The third-order valence-electron chi connectivity index (χ3n) is 2.57. The number of likely N-dealkylation sites (N-methyl/N-ethyl adjacent to an activating group) is 1. The van der Waals surface area contributed by atoms with Crippen LogP contribution >= 0.6 is 15.9 Å². The van der Waals surface area contributed by atoms with Crippen molar-refractivity contribution in [3.63, 3.8) is 0 Å². The molecule has 1 aliphatic rings. The monoisotopic (exact) mass is 239 g/mol. The van der Waals surface area contributed by atoms with Crippen molar-refractivity contribution in [1.29, 1.82) is 0 Å². The van der Waals surface area contributed by atoms with Gasteiger partial charge in [-0.3, -0.25) is 4.79 Å². The van der Waals surface area contributed by atoms with Gasteiger partial charge in [0.15, 0.2) is 0 Å². The molecule has 13 heavy (non-hydrogen) atoms. The standard InChI is InChI=1S/C10H10BrNO/c1-6-7-5-10(13)12(2)9(7)4-3-8(6)11/h3-4H,5H2,1-2H3. The fraction of sp³-hybridized carbons (Fsp3) is 0.300. The molecule has 0 atom stereocenters. The number of amides is 1. The summed E-state index contributed by atoms with van der Waals surface area (Å²) in [5, 5.41) is 0. The lowest BCUT2D eigenvalue weighted by Gasteiger charge is -2.10. The van der Waals surface area contributed by atoms with E-state index in [1.54, 1.807) is 4.90 Å². The first-order valence-electron chi connectivity index (χ1n) is 4.16. The fourth-order valence-corrected chi connectivity index (χ4v) is 2.03. The minimum absolute atomic E-state index is 0.177. The smallest absolute Gasteiger partial charge is 0.231 e. The van der Waals surface area contributed by atoms with Crippen LogP contribution in [0.4, 0.5) is 5.69 Å². The highest BCUT2D eigenvalue weighted by Crippen LogP contribution is 2.33. The van der Waals surface area contributed by atoms with E-state index in [1.165, 1.54) is 5.56 Å². The predicted octanol–water partition coefficient (Wildman–Crippen LogP) is 2.28. The van der Waals surface area contributed by atoms with Gasteiger partial charge < -0.3 is 4.90 Å². The summed E-state index contributed by atoms with van der Waals surface area (Å²) >= 11 is 3.46. The summed E-state index contributed by atoms with van der Waals surface area (Å²) in [5.41, 5.74) is 3.38. The Bertz CT molecular complexity index is 387. The van der Waals surface area contributed by atoms with Crippen molar-refractivity contribution in [2.24, 2.45) is 0 Å². The van der Waals surface area contributed by atoms with Gasteiger partial charge >= 0.3 is 0 Å². The molecule has 1 heterocycles. The summed E-state index contributed by atoms with van der Waals surface area (Å²) in [6, 6.07) is 3.97. The van der Waals surface area contributed by atoms with E-state index in [4.69, 9.17) is 0 Å². The molecule has 0 bridgehead atoms. The molecule has 0 spiro atoms.